The first-order valence-electron chi connectivity index (χ1n) is 6.33. The Bertz CT molecular complexity index is 472. The fraction of sp³-hybridized carbons (Fsp3) is 0.462. The highest BCUT2D eigenvalue weighted by atomic mass is 35.5. The van der Waals surface area contributed by atoms with Gasteiger partial charge in [-0.15, -0.1) is 11.8 Å². The third-order valence-electron chi connectivity index (χ3n) is 3.00. The first kappa shape index (κ1) is 15.9. The molecule has 1 amide bonds. The minimum Gasteiger partial charge on any atom is -0.325 e. The number of anilines is 1. The Balaban J connectivity index is 1.84. The first-order chi connectivity index (χ1) is 9.56. The van der Waals surface area contributed by atoms with Crippen molar-refractivity contribution in [3.63, 3.8) is 0 Å². The minimum absolute atomic E-state index is 0.0983. The maximum atomic E-state index is 13.3. The highest BCUT2D eigenvalue weighted by Crippen LogP contribution is 2.27. The summed E-state index contributed by atoms with van der Waals surface area (Å²) >= 11 is 13.0. The molecule has 2 rings (SSSR count). The molecule has 1 aromatic carbocycles. The van der Waals surface area contributed by atoms with E-state index in [1.807, 2.05) is 0 Å². The molecule has 0 atom stereocenters. The Hall–Kier alpha value is -0.490. The normalized spacial score (nSPS) is 16.1. The number of nitrogens with one attached hydrogen (secondary N) is 2. The van der Waals surface area contributed by atoms with Crippen LogP contribution >= 0.6 is 35.0 Å². The zero-order chi connectivity index (χ0) is 14.5. The van der Waals surface area contributed by atoms with Gasteiger partial charge in [-0.1, -0.05) is 23.2 Å². The van der Waals surface area contributed by atoms with E-state index in [9.17, 15) is 9.18 Å². The molecule has 1 fully saturated rings. The summed E-state index contributed by atoms with van der Waals surface area (Å²) < 4.78 is 13.3. The lowest BCUT2D eigenvalue weighted by molar-refractivity contribution is -0.113. The van der Waals surface area contributed by atoms with Gasteiger partial charge in [0.2, 0.25) is 5.91 Å². The highest BCUT2D eigenvalue weighted by Gasteiger charge is 2.15. The average Bonchev–Trinajstić information content (AvgIpc) is 2.43. The van der Waals surface area contributed by atoms with E-state index in [0.29, 0.717) is 16.7 Å². The second-order valence-corrected chi connectivity index (χ2v) is 6.67. The molecule has 110 valence electrons. The molecule has 3 nitrogen and oxygen atoms in total. The molecule has 0 radical (unpaired) electrons. The lowest BCUT2D eigenvalue weighted by Crippen LogP contribution is -2.30. The molecule has 20 heavy (non-hydrogen) atoms. The van der Waals surface area contributed by atoms with Crippen LogP contribution in [-0.2, 0) is 4.79 Å². The Labute approximate surface area is 131 Å². The van der Waals surface area contributed by atoms with Crippen molar-refractivity contribution in [3.8, 4) is 0 Å². The molecule has 0 aromatic heterocycles. The van der Waals surface area contributed by atoms with Crippen LogP contribution < -0.4 is 10.6 Å². The van der Waals surface area contributed by atoms with Gasteiger partial charge in [-0.25, -0.2) is 4.39 Å². The predicted molar refractivity (Wildman–Crippen MR) is 83.4 cm³/mol. The standard InChI is InChI=1S/C13H15Cl2FN2OS/c14-10-5-8(6-11(15)13(10)16)18-12(19)7-20-9-1-3-17-4-2-9/h5-6,9,17H,1-4,7H2,(H,18,19). The van der Waals surface area contributed by atoms with Crippen LogP contribution in [0.4, 0.5) is 10.1 Å². The fourth-order valence-corrected chi connectivity index (χ4v) is 3.50. The van der Waals surface area contributed by atoms with Gasteiger partial charge in [-0.2, -0.15) is 0 Å². The molecule has 1 aliphatic rings. The van der Waals surface area contributed by atoms with E-state index in [4.69, 9.17) is 23.2 Å². The molecule has 1 aromatic rings. The quantitative estimate of drug-likeness (QED) is 0.826. The maximum absolute atomic E-state index is 13.3. The fourth-order valence-electron chi connectivity index (χ4n) is 1.98. The molecule has 0 spiro atoms. The first-order valence-corrected chi connectivity index (χ1v) is 8.13. The number of carbonyl (C=O) groups excluding carboxylic acids is 1. The van der Waals surface area contributed by atoms with E-state index in [0.717, 1.165) is 25.9 Å². The van der Waals surface area contributed by atoms with Crippen molar-refractivity contribution in [2.45, 2.75) is 18.1 Å². The molecule has 1 aliphatic heterocycles. The number of benzene rings is 1. The van der Waals surface area contributed by atoms with Crippen molar-refractivity contribution in [2.75, 3.05) is 24.2 Å². The van der Waals surface area contributed by atoms with Crippen LogP contribution in [0.25, 0.3) is 0 Å². The minimum atomic E-state index is -0.671. The Kier molecular flexibility index (Phi) is 5.96. The van der Waals surface area contributed by atoms with Gasteiger partial charge in [0.05, 0.1) is 15.8 Å². The number of hydrogen-bond acceptors (Lipinski definition) is 3. The Morgan fingerprint density at radius 1 is 1.35 bits per heavy atom. The van der Waals surface area contributed by atoms with Gasteiger partial charge in [0.25, 0.3) is 0 Å². The summed E-state index contributed by atoms with van der Waals surface area (Å²) in [6, 6.07) is 2.71. The smallest absolute Gasteiger partial charge is 0.234 e. The number of piperidine rings is 1. The number of halogens is 3. The number of carbonyl (C=O) groups is 1. The van der Waals surface area contributed by atoms with Crippen LogP contribution in [0.1, 0.15) is 12.8 Å². The van der Waals surface area contributed by atoms with Crippen molar-refractivity contribution in [3.05, 3.63) is 28.0 Å². The van der Waals surface area contributed by atoms with Crippen LogP contribution in [-0.4, -0.2) is 30.0 Å². The van der Waals surface area contributed by atoms with E-state index in [1.165, 1.54) is 12.1 Å². The summed E-state index contributed by atoms with van der Waals surface area (Å²) in [5.41, 5.74) is 0.414. The predicted octanol–water partition coefficient (Wildman–Crippen LogP) is 3.56. The zero-order valence-electron chi connectivity index (χ0n) is 10.7. The molecule has 0 aliphatic carbocycles. The van der Waals surface area contributed by atoms with Crippen LogP contribution in [0.5, 0.6) is 0 Å². The van der Waals surface area contributed by atoms with Gasteiger partial charge in [-0.3, -0.25) is 4.79 Å². The highest BCUT2D eigenvalue weighted by molar-refractivity contribution is 8.00. The van der Waals surface area contributed by atoms with Crippen molar-refractivity contribution in [2.24, 2.45) is 0 Å². The molecule has 0 unspecified atom stereocenters. The largest absolute Gasteiger partial charge is 0.325 e. The lowest BCUT2D eigenvalue weighted by atomic mass is 10.2. The summed E-state index contributed by atoms with van der Waals surface area (Å²) in [7, 11) is 0. The number of thioether (sulfide) groups is 1. The summed E-state index contributed by atoms with van der Waals surface area (Å²) in [4.78, 5) is 11.8. The number of hydrogen-bond donors (Lipinski definition) is 2. The van der Waals surface area contributed by atoms with Gasteiger partial charge in [0.15, 0.2) is 5.82 Å². The third kappa shape index (κ3) is 4.52. The van der Waals surface area contributed by atoms with Gasteiger partial charge in [0.1, 0.15) is 0 Å². The van der Waals surface area contributed by atoms with Crippen LogP contribution in [0.2, 0.25) is 10.0 Å². The number of amides is 1. The molecule has 2 N–H and O–H groups in total. The second kappa shape index (κ2) is 7.50. The van der Waals surface area contributed by atoms with Crippen LogP contribution in [0, 0.1) is 5.82 Å². The lowest BCUT2D eigenvalue weighted by Gasteiger charge is -2.21. The Morgan fingerprint density at radius 3 is 2.55 bits per heavy atom. The van der Waals surface area contributed by atoms with Gasteiger partial charge >= 0.3 is 0 Å². The molecular weight excluding hydrogens is 322 g/mol. The molecular formula is C13H15Cl2FN2OS. The maximum Gasteiger partial charge on any atom is 0.234 e. The van der Waals surface area contributed by atoms with Gasteiger partial charge in [0, 0.05) is 10.9 Å². The zero-order valence-corrected chi connectivity index (χ0v) is 13.0. The summed E-state index contributed by atoms with van der Waals surface area (Å²) in [5, 5.41) is 6.28. The van der Waals surface area contributed by atoms with Crippen LogP contribution in [0.15, 0.2) is 12.1 Å². The van der Waals surface area contributed by atoms with E-state index in [2.05, 4.69) is 10.6 Å². The SMILES string of the molecule is O=C(CSC1CCNCC1)Nc1cc(Cl)c(F)c(Cl)c1. The molecule has 1 heterocycles. The van der Waals surface area contributed by atoms with E-state index in [-0.39, 0.29) is 16.0 Å². The van der Waals surface area contributed by atoms with Crippen molar-refractivity contribution in [1.29, 1.82) is 0 Å². The van der Waals surface area contributed by atoms with Crippen molar-refractivity contribution in [1.82, 2.24) is 5.32 Å². The summed E-state index contributed by atoms with van der Waals surface area (Å²) in [5.74, 6) is -0.431. The van der Waals surface area contributed by atoms with Crippen molar-refractivity contribution < 1.29 is 9.18 Å². The molecule has 7 heteroatoms. The molecule has 0 bridgehead atoms. The Morgan fingerprint density at radius 2 is 1.95 bits per heavy atom. The monoisotopic (exact) mass is 336 g/mol. The third-order valence-corrected chi connectivity index (χ3v) is 4.93. The van der Waals surface area contributed by atoms with E-state index >= 15 is 0 Å². The van der Waals surface area contributed by atoms with E-state index < -0.39 is 5.82 Å². The van der Waals surface area contributed by atoms with Crippen LogP contribution in [0.3, 0.4) is 0 Å². The van der Waals surface area contributed by atoms with Crippen molar-refractivity contribution >= 4 is 46.6 Å². The van der Waals surface area contributed by atoms with Gasteiger partial charge < -0.3 is 10.6 Å². The van der Waals surface area contributed by atoms with Gasteiger partial charge in [-0.05, 0) is 38.1 Å². The van der Waals surface area contributed by atoms with E-state index in [1.54, 1.807) is 11.8 Å². The number of rotatable bonds is 4. The topological polar surface area (TPSA) is 41.1 Å². The average molecular weight is 337 g/mol. The molecule has 0 saturated carbocycles. The summed E-state index contributed by atoms with van der Waals surface area (Å²) in [6.45, 7) is 2.00. The summed E-state index contributed by atoms with van der Waals surface area (Å²) in [6.07, 6.45) is 2.15. The second-order valence-electron chi connectivity index (χ2n) is 4.56. The molecule has 1 saturated heterocycles.